The van der Waals surface area contributed by atoms with Gasteiger partial charge in [-0.1, -0.05) is 25.4 Å². The van der Waals surface area contributed by atoms with Crippen LogP contribution in [0.15, 0.2) is 30.3 Å². The van der Waals surface area contributed by atoms with Crippen LogP contribution >= 0.6 is 11.6 Å². The summed E-state index contributed by atoms with van der Waals surface area (Å²) in [7, 11) is 0. The van der Waals surface area contributed by atoms with Crippen LogP contribution in [-0.2, 0) is 0 Å². The van der Waals surface area contributed by atoms with Crippen LogP contribution in [-0.4, -0.2) is 27.2 Å². The van der Waals surface area contributed by atoms with E-state index in [4.69, 9.17) is 21.6 Å². The van der Waals surface area contributed by atoms with Crippen molar-refractivity contribution in [2.24, 2.45) is 0 Å². The average molecular weight is 346 g/mol. The second-order valence-electron chi connectivity index (χ2n) is 6.81. The third-order valence-electron chi connectivity index (χ3n) is 4.49. The van der Waals surface area contributed by atoms with E-state index in [2.05, 4.69) is 19.2 Å². The van der Waals surface area contributed by atoms with E-state index in [1.54, 1.807) is 0 Å². The first-order valence-electron chi connectivity index (χ1n) is 8.61. The van der Waals surface area contributed by atoms with Gasteiger partial charge in [0.2, 0.25) is 0 Å². The zero-order chi connectivity index (χ0) is 17.1. The van der Waals surface area contributed by atoms with Crippen molar-refractivity contribution in [3.8, 4) is 11.4 Å². The van der Waals surface area contributed by atoms with Gasteiger partial charge in [-0.05, 0) is 55.9 Å². The lowest BCUT2D eigenvalue weighted by Crippen LogP contribution is -2.28. The normalized spacial score (nSPS) is 21.0. The molecule has 3 rings (SSSR count). The molecule has 1 aliphatic rings. The number of nitrogens with one attached hydrogen (secondary N) is 1. The molecule has 5 heteroatoms. The summed E-state index contributed by atoms with van der Waals surface area (Å²) in [6, 6.07) is 10.0. The Morgan fingerprint density at radius 2 is 1.75 bits per heavy atom. The topological polar surface area (TPSA) is 58.0 Å². The van der Waals surface area contributed by atoms with Crippen LogP contribution in [0.5, 0.6) is 0 Å². The molecule has 0 atom stereocenters. The molecule has 1 aliphatic carbocycles. The molecule has 0 aliphatic heterocycles. The number of anilines is 1. The summed E-state index contributed by atoms with van der Waals surface area (Å²) in [4.78, 5) is 9.40. The first kappa shape index (κ1) is 17.2. The van der Waals surface area contributed by atoms with Gasteiger partial charge >= 0.3 is 0 Å². The fourth-order valence-corrected chi connectivity index (χ4v) is 3.12. The first-order valence-corrected chi connectivity index (χ1v) is 8.98. The summed E-state index contributed by atoms with van der Waals surface area (Å²) >= 11 is 5.98. The molecule has 0 amide bonds. The Morgan fingerprint density at radius 3 is 2.38 bits per heavy atom. The van der Waals surface area contributed by atoms with Gasteiger partial charge in [0.15, 0.2) is 5.82 Å². The molecule has 0 saturated heterocycles. The second-order valence-corrected chi connectivity index (χ2v) is 7.25. The Hall–Kier alpha value is -1.65. The van der Waals surface area contributed by atoms with Gasteiger partial charge in [0.05, 0.1) is 6.10 Å². The summed E-state index contributed by atoms with van der Waals surface area (Å²) in [5.74, 6) is 1.91. The molecular formula is C19H24ClN3O. The number of aliphatic hydroxyl groups excluding tert-OH is 1. The maximum absolute atomic E-state index is 9.66. The Bertz CT molecular complexity index is 680. The quantitative estimate of drug-likeness (QED) is 0.847. The Labute approximate surface area is 148 Å². The van der Waals surface area contributed by atoms with Gasteiger partial charge in [-0.15, -0.1) is 0 Å². The molecule has 1 fully saturated rings. The number of aromatic nitrogens is 2. The lowest BCUT2D eigenvalue weighted by atomic mass is 9.93. The summed E-state index contributed by atoms with van der Waals surface area (Å²) in [5.41, 5.74) is 1.98. The van der Waals surface area contributed by atoms with Gasteiger partial charge < -0.3 is 10.4 Å². The lowest BCUT2D eigenvalue weighted by Gasteiger charge is -2.27. The highest BCUT2D eigenvalue weighted by Crippen LogP contribution is 2.26. The Kier molecular flexibility index (Phi) is 5.36. The summed E-state index contributed by atoms with van der Waals surface area (Å²) in [6.45, 7) is 4.27. The second kappa shape index (κ2) is 7.49. The minimum Gasteiger partial charge on any atom is -0.393 e. The maximum Gasteiger partial charge on any atom is 0.161 e. The van der Waals surface area contributed by atoms with Crippen LogP contribution in [0, 0.1) is 0 Å². The van der Waals surface area contributed by atoms with E-state index in [1.807, 2.05) is 30.3 Å². The van der Waals surface area contributed by atoms with Crippen LogP contribution in [0.3, 0.4) is 0 Å². The number of hydrogen-bond acceptors (Lipinski definition) is 4. The number of halogens is 1. The SMILES string of the molecule is CC(C)c1cc(NC2CCC(O)CC2)nc(-c2ccc(Cl)cc2)n1. The van der Waals surface area contributed by atoms with E-state index in [0.29, 0.717) is 17.0 Å². The maximum atomic E-state index is 9.66. The van der Waals surface area contributed by atoms with E-state index < -0.39 is 0 Å². The molecule has 0 spiro atoms. The lowest BCUT2D eigenvalue weighted by molar-refractivity contribution is 0.126. The van der Waals surface area contributed by atoms with Crippen LogP contribution < -0.4 is 5.32 Å². The van der Waals surface area contributed by atoms with Crippen molar-refractivity contribution < 1.29 is 5.11 Å². The molecule has 1 aromatic heterocycles. The fourth-order valence-electron chi connectivity index (χ4n) is 2.99. The number of rotatable bonds is 4. The van der Waals surface area contributed by atoms with Crippen LogP contribution in [0.25, 0.3) is 11.4 Å². The minimum absolute atomic E-state index is 0.149. The summed E-state index contributed by atoms with van der Waals surface area (Å²) < 4.78 is 0. The van der Waals surface area contributed by atoms with E-state index in [0.717, 1.165) is 48.6 Å². The molecule has 0 bridgehead atoms. The number of benzene rings is 1. The smallest absolute Gasteiger partial charge is 0.161 e. The third kappa shape index (κ3) is 4.25. The molecule has 2 N–H and O–H groups in total. The Balaban J connectivity index is 1.87. The predicted molar refractivity (Wildman–Crippen MR) is 98.5 cm³/mol. The Morgan fingerprint density at radius 1 is 1.08 bits per heavy atom. The molecule has 1 aromatic carbocycles. The highest BCUT2D eigenvalue weighted by Gasteiger charge is 2.20. The van der Waals surface area contributed by atoms with Gasteiger partial charge in [0.1, 0.15) is 5.82 Å². The largest absolute Gasteiger partial charge is 0.393 e. The molecule has 24 heavy (non-hydrogen) atoms. The van der Waals surface area contributed by atoms with Crippen LogP contribution in [0.2, 0.25) is 5.02 Å². The van der Waals surface area contributed by atoms with Gasteiger partial charge in [0.25, 0.3) is 0 Å². The third-order valence-corrected chi connectivity index (χ3v) is 4.74. The van der Waals surface area contributed by atoms with Crippen molar-refractivity contribution in [2.75, 3.05) is 5.32 Å². The summed E-state index contributed by atoms with van der Waals surface area (Å²) in [5, 5.41) is 13.9. The molecule has 0 radical (unpaired) electrons. The van der Waals surface area contributed by atoms with Gasteiger partial charge in [-0.3, -0.25) is 0 Å². The van der Waals surface area contributed by atoms with E-state index in [9.17, 15) is 5.11 Å². The standard InChI is InChI=1S/C19H24ClN3O/c1-12(2)17-11-18(21-15-7-9-16(24)10-8-15)23-19(22-17)13-3-5-14(20)6-4-13/h3-6,11-12,15-16,24H,7-10H2,1-2H3,(H,21,22,23). The molecule has 1 heterocycles. The van der Waals surface area contributed by atoms with E-state index in [-0.39, 0.29) is 6.10 Å². The molecule has 4 nitrogen and oxygen atoms in total. The van der Waals surface area contributed by atoms with Crippen molar-refractivity contribution in [3.05, 3.63) is 41.0 Å². The number of hydrogen-bond donors (Lipinski definition) is 2. The van der Waals surface area contributed by atoms with Crippen molar-refractivity contribution in [1.82, 2.24) is 9.97 Å². The summed E-state index contributed by atoms with van der Waals surface area (Å²) in [6.07, 6.45) is 3.49. The zero-order valence-electron chi connectivity index (χ0n) is 14.2. The molecule has 0 unspecified atom stereocenters. The van der Waals surface area contributed by atoms with Crippen molar-refractivity contribution in [2.45, 2.75) is 57.6 Å². The van der Waals surface area contributed by atoms with Gasteiger partial charge in [-0.25, -0.2) is 9.97 Å². The molecule has 1 saturated carbocycles. The monoisotopic (exact) mass is 345 g/mol. The van der Waals surface area contributed by atoms with Crippen LogP contribution in [0.4, 0.5) is 5.82 Å². The van der Waals surface area contributed by atoms with Crippen molar-refractivity contribution in [3.63, 3.8) is 0 Å². The minimum atomic E-state index is -0.149. The van der Waals surface area contributed by atoms with E-state index in [1.165, 1.54) is 0 Å². The van der Waals surface area contributed by atoms with Crippen molar-refractivity contribution in [1.29, 1.82) is 0 Å². The molecule has 2 aromatic rings. The van der Waals surface area contributed by atoms with Crippen LogP contribution in [0.1, 0.15) is 51.1 Å². The molecule has 128 valence electrons. The molecular weight excluding hydrogens is 322 g/mol. The van der Waals surface area contributed by atoms with Gasteiger partial charge in [0, 0.05) is 28.4 Å². The number of aliphatic hydroxyl groups is 1. The van der Waals surface area contributed by atoms with E-state index >= 15 is 0 Å². The van der Waals surface area contributed by atoms with Crippen molar-refractivity contribution >= 4 is 17.4 Å². The zero-order valence-corrected chi connectivity index (χ0v) is 14.9. The predicted octanol–water partition coefficient (Wildman–Crippen LogP) is 4.64. The first-order chi connectivity index (χ1) is 11.5. The average Bonchev–Trinajstić information content (AvgIpc) is 2.57. The highest BCUT2D eigenvalue weighted by molar-refractivity contribution is 6.30. The fraction of sp³-hybridized carbons (Fsp3) is 0.474. The van der Waals surface area contributed by atoms with Gasteiger partial charge in [-0.2, -0.15) is 0 Å². The highest BCUT2D eigenvalue weighted by atomic mass is 35.5. The number of nitrogens with zero attached hydrogens (tertiary/aromatic N) is 2.